The highest BCUT2D eigenvalue weighted by Crippen LogP contribution is 2.56. The molecule has 2 aromatic heterocycles. The molecule has 0 bridgehead atoms. The molecular weight excluding hydrogens is 693 g/mol. The highest BCUT2D eigenvalue weighted by Gasteiger charge is 2.45. The molecule has 2 aliphatic carbocycles. The van der Waals surface area contributed by atoms with E-state index >= 15 is 0 Å². The molecule has 0 aliphatic heterocycles. The zero-order valence-electron chi connectivity index (χ0n) is 32.4. The molecule has 1 unspecified atom stereocenters. The Morgan fingerprint density at radius 2 is 1.30 bits per heavy atom. The molecule has 0 saturated heterocycles. The molecule has 1 atom stereocenters. The number of aromatic nitrogens is 4. The van der Waals surface area contributed by atoms with Gasteiger partial charge in [0, 0.05) is 38.7 Å². The summed E-state index contributed by atoms with van der Waals surface area (Å²) in [5.41, 5.74) is 15.7. The van der Waals surface area contributed by atoms with Crippen molar-refractivity contribution >= 4 is 39.0 Å². The smallest absolute Gasteiger partial charge is 0.164 e. The van der Waals surface area contributed by atoms with E-state index in [1.807, 2.05) is 66.7 Å². The van der Waals surface area contributed by atoms with E-state index < -0.39 is 0 Å². The predicted octanol–water partition coefficient (Wildman–Crippen LogP) is 13.3. The first kappa shape index (κ1) is 34.6. The van der Waals surface area contributed by atoms with Gasteiger partial charge in [0.2, 0.25) is 0 Å². The lowest BCUT2D eigenvalue weighted by atomic mass is 9.72. The van der Waals surface area contributed by atoms with E-state index in [4.69, 9.17) is 15.0 Å². The summed E-state index contributed by atoms with van der Waals surface area (Å²) in [6.07, 6.45) is 11.9. The van der Waals surface area contributed by atoms with Crippen LogP contribution in [-0.4, -0.2) is 19.5 Å². The van der Waals surface area contributed by atoms with Crippen LogP contribution in [-0.2, 0) is 5.41 Å². The molecule has 2 heterocycles. The summed E-state index contributed by atoms with van der Waals surface area (Å²) in [6, 6.07) is 49.2. The topological polar surface area (TPSA) is 43.6 Å². The maximum atomic E-state index is 5.07. The van der Waals surface area contributed by atoms with Crippen LogP contribution in [0.2, 0.25) is 0 Å². The first-order valence-electron chi connectivity index (χ1n) is 19.8. The average molecular weight is 735 g/mol. The zero-order valence-corrected chi connectivity index (χ0v) is 32.4. The van der Waals surface area contributed by atoms with Gasteiger partial charge in [-0.3, -0.25) is 0 Å². The summed E-state index contributed by atoms with van der Waals surface area (Å²) in [5.74, 6) is 2.29. The van der Waals surface area contributed by atoms with Crippen molar-refractivity contribution in [2.45, 2.75) is 32.6 Å². The van der Waals surface area contributed by atoms with Crippen LogP contribution >= 0.6 is 0 Å². The predicted molar refractivity (Wildman–Crippen MR) is 238 cm³/mol. The van der Waals surface area contributed by atoms with Crippen molar-refractivity contribution in [3.05, 3.63) is 198 Å². The molecule has 6 aromatic carbocycles. The average Bonchev–Trinajstić information content (AvgIpc) is 3.72. The van der Waals surface area contributed by atoms with Crippen LogP contribution in [0.4, 0.5) is 0 Å². The lowest BCUT2D eigenvalue weighted by molar-refractivity contribution is 0.418. The summed E-state index contributed by atoms with van der Waals surface area (Å²) in [6.45, 7) is 11.0. The molecule has 10 rings (SSSR count). The Labute approximate surface area is 333 Å². The minimum Gasteiger partial charge on any atom is -0.309 e. The van der Waals surface area contributed by atoms with E-state index in [2.05, 4.69) is 135 Å². The molecule has 0 fully saturated rings. The van der Waals surface area contributed by atoms with Gasteiger partial charge in [-0.25, -0.2) is 15.0 Å². The van der Waals surface area contributed by atoms with Crippen LogP contribution in [0.25, 0.3) is 78.9 Å². The van der Waals surface area contributed by atoms with E-state index in [-0.39, 0.29) is 5.41 Å². The van der Waals surface area contributed by atoms with E-state index in [1.54, 1.807) is 0 Å². The molecule has 8 aromatic rings. The lowest BCUT2D eigenvalue weighted by Crippen LogP contribution is -2.25. The minimum atomic E-state index is -0.0260. The first-order valence-corrected chi connectivity index (χ1v) is 19.8. The fourth-order valence-electron chi connectivity index (χ4n) is 9.21. The Morgan fingerprint density at radius 1 is 0.667 bits per heavy atom. The summed E-state index contributed by atoms with van der Waals surface area (Å²) in [5, 5.41) is 2.47. The van der Waals surface area contributed by atoms with Gasteiger partial charge < -0.3 is 4.57 Å². The van der Waals surface area contributed by atoms with Crippen molar-refractivity contribution in [1.29, 1.82) is 0 Å². The lowest BCUT2D eigenvalue weighted by Gasteiger charge is -2.31. The van der Waals surface area contributed by atoms with Gasteiger partial charge in [-0.2, -0.15) is 0 Å². The molecule has 4 heteroatoms. The van der Waals surface area contributed by atoms with E-state index in [1.165, 1.54) is 55.3 Å². The molecule has 4 nitrogen and oxygen atoms in total. The minimum absolute atomic E-state index is 0.0260. The van der Waals surface area contributed by atoms with Gasteiger partial charge in [-0.1, -0.05) is 172 Å². The number of allylic oxidation sites excluding steroid dienone is 6. The van der Waals surface area contributed by atoms with Crippen LogP contribution in [0.1, 0.15) is 48.1 Å². The Kier molecular flexibility index (Phi) is 8.30. The van der Waals surface area contributed by atoms with E-state index in [0.29, 0.717) is 23.4 Å². The monoisotopic (exact) mass is 734 g/mol. The Bertz CT molecular complexity index is 2920. The Balaban J connectivity index is 1.15. The van der Waals surface area contributed by atoms with Crippen LogP contribution in [0.5, 0.6) is 0 Å². The summed E-state index contributed by atoms with van der Waals surface area (Å²) < 4.78 is 2.44. The largest absolute Gasteiger partial charge is 0.309 e. The van der Waals surface area contributed by atoms with Crippen LogP contribution in [0, 0.1) is 12.8 Å². The number of hydrogen-bond acceptors (Lipinski definition) is 3. The number of benzene rings is 6. The molecule has 0 radical (unpaired) electrons. The van der Waals surface area contributed by atoms with Crippen LogP contribution < -0.4 is 0 Å². The molecule has 2 aliphatic rings. The zero-order chi connectivity index (χ0) is 38.7. The van der Waals surface area contributed by atoms with Gasteiger partial charge in [0.25, 0.3) is 0 Å². The third kappa shape index (κ3) is 5.71. The number of para-hydroxylation sites is 2. The van der Waals surface area contributed by atoms with E-state index in [0.717, 1.165) is 34.3 Å². The van der Waals surface area contributed by atoms with Gasteiger partial charge in [0.1, 0.15) is 0 Å². The second kappa shape index (κ2) is 13.7. The van der Waals surface area contributed by atoms with Gasteiger partial charge in [0.15, 0.2) is 17.5 Å². The van der Waals surface area contributed by atoms with Gasteiger partial charge in [0.05, 0.1) is 11.0 Å². The quantitative estimate of drug-likeness (QED) is 0.153. The first-order chi connectivity index (χ1) is 27.9. The van der Waals surface area contributed by atoms with E-state index in [9.17, 15) is 0 Å². The molecule has 0 N–H and O–H groups in total. The van der Waals surface area contributed by atoms with Crippen LogP contribution in [0.3, 0.4) is 0 Å². The molecule has 0 saturated carbocycles. The molecule has 274 valence electrons. The summed E-state index contributed by atoms with van der Waals surface area (Å²) in [4.78, 5) is 15.1. The SMILES string of the molecule is C=C/C=C\c1c(C)ccc2c1C1=CC=C(c3cccc4c5ccccc5n(-c5cccc(-c6nc(-c7ccccc7)nc(-c7ccccc7)n6)c5)c34)CC1C2(C)C. The third-order valence-corrected chi connectivity index (χ3v) is 12.1. The summed E-state index contributed by atoms with van der Waals surface area (Å²) >= 11 is 0. The normalized spacial score (nSPS) is 15.7. The van der Waals surface area contributed by atoms with Crippen LogP contribution in [0.15, 0.2) is 170 Å². The number of fused-ring (bicyclic) bond motifs is 6. The van der Waals surface area contributed by atoms with Crippen molar-refractivity contribution in [2.75, 3.05) is 0 Å². The van der Waals surface area contributed by atoms with Gasteiger partial charge in [-0.15, -0.1) is 0 Å². The Morgan fingerprint density at radius 3 is 2.02 bits per heavy atom. The Hall–Kier alpha value is -6.91. The summed E-state index contributed by atoms with van der Waals surface area (Å²) in [7, 11) is 0. The number of aryl methyl sites for hydroxylation is 1. The molecule has 0 spiro atoms. The standard InChI is InChI=1S/C53H42N4/c1-5-6-23-40-34(2)28-31-45-48(40)44-30-29-37(33-46(44)53(45,3)4)41-25-16-26-43-42-24-13-14-27-47(42)57(49(41)43)39-22-15-21-38(32-39)52-55-50(35-17-9-7-10-18-35)54-51(56-52)36-19-11-8-12-20-36/h5-32,46H,1,33H2,2-4H3/b23-6-. The maximum absolute atomic E-state index is 5.07. The number of nitrogens with zero attached hydrogens (tertiary/aromatic N) is 4. The molecule has 57 heavy (non-hydrogen) atoms. The molecule has 0 amide bonds. The third-order valence-electron chi connectivity index (χ3n) is 12.1. The van der Waals surface area contributed by atoms with Crippen molar-refractivity contribution in [3.8, 4) is 39.9 Å². The fraction of sp³-hybridized carbons (Fsp3) is 0.113. The number of rotatable bonds is 7. The second-order valence-electron chi connectivity index (χ2n) is 15.7. The van der Waals surface area contributed by atoms with Gasteiger partial charge in [-0.05, 0) is 76.3 Å². The highest BCUT2D eigenvalue weighted by molar-refractivity contribution is 6.12. The molecular formula is C53H42N4. The van der Waals surface area contributed by atoms with Gasteiger partial charge >= 0.3 is 0 Å². The van der Waals surface area contributed by atoms with Crippen molar-refractivity contribution in [1.82, 2.24) is 19.5 Å². The second-order valence-corrected chi connectivity index (χ2v) is 15.7. The fourth-order valence-corrected chi connectivity index (χ4v) is 9.21. The maximum Gasteiger partial charge on any atom is 0.164 e. The highest BCUT2D eigenvalue weighted by atomic mass is 15.0. The van der Waals surface area contributed by atoms with Crippen molar-refractivity contribution in [2.24, 2.45) is 5.92 Å². The number of hydrogen-bond donors (Lipinski definition) is 0. The van der Waals surface area contributed by atoms with Crippen molar-refractivity contribution in [3.63, 3.8) is 0 Å². The van der Waals surface area contributed by atoms with Crippen molar-refractivity contribution < 1.29 is 0 Å².